The lowest BCUT2D eigenvalue weighted by Gasteiger charge is -2.43. The lowest BCUT2D eigenvalue weighted by molar-refractivity contribution is 0.169. The smallest absolute Gasteiger partial charge is 0.0403 e. The lowest BCUT2D eigenvalue weighted by Crippen LogP contribution is -2.46. The normalized spacial score (nSPS) is 27.6. The van der Waals surface area contributed by atoms with Gasteiger partial charge in [0.1, 0.15) is 0 Å². The summed E-state index contributed by atoms with van der Waals surface area (Å²) in [6.45, 7) is 19.3. The van der Waals surface area contributed by atoms with Gasteiger partial charge in [-0.15, -0.1) is 11.8 Å². The number of thioether (sulfide) groups is 1. The largest absolute Gasteiger partial charge is 0.301 e. The van der Waals surface area contributed by atoms with E-state index in [1.165, 1.54) is 25.9 Å². The zero-order valence-electron chi connectivity index (χ0n) is 14.5. The van der Waals surface area contributed by atoms with Crippen molar-refractivity contribution < 1.29 is 0 Å². The molecule has 1 nitrogen and oxygen atoms in total. The predicted octanol–water partition coefficient (Wildman–Crippen LogP) is 4.97. The Labute approximate surface area is 130 Å². The van der Waals surface area contributed by atoms with E-state index in [4.69, 9.17) is 0 Å². The van der Waals surface area contributed by atoms with Gasteiger partial charge in [-0.3, -0.25) is 0 Å². The van der Waals surface area contributed by atoms with Gasteiger partial charge >= 0.3 is 0 Å². The molecule has 2 aliphatic rings. The number of nitrogens with zero attached hydrogens (tertiary/aromatic N) is 1. The van der Waals surface area contributed by atoms with Crippen molar-refractivity contribution in [3.8, 4) is 0 Å². The Balaban J connectivity index is 2.29. The summed E-state index contributed by atoms with van der Waals surface area (Å²) in [4.78, 5) is 2.65. The van der Waals surface area contributed by atoms with Crippen molar-refractivity contribution in [1.29, 1.82) is 0 Å². The standard InChI is InChI=1S/C18H33NS/c1-12(2)16-15(7)20-18(17(16)13(3)4)8-10-19(11-9-18)14(5)6/h12-15H,8-11H2,1-7H3. The van der Waals surface area contributed by atoms with Gasteiger partial charge in [-0.05, 0) is 45.4 Å². The molecule has 2 aliphatic heterocycles. The molecule has 2 rings (SSSR count). The third-order valence-corrected chi connectivity index (χ3v) is 6.86. The van der Waals surface area contributed by atoms with E-state index in [0.29, 0.717) is 22.6 Å². The van der Waals surface area contributed by atoms with Gasteiger partial charge in [-0.1, -0.05) is 38.8 Å². The molecule has 1 unspecified atom stereocenters. The minimum absolute atomic E-state index is 0.457. The van der Waals surface area contributed by atoms with Crippen LogP contribution < -0.4 is 0 Å². The van der Waals surface area contributed by atoms with Gasteiger partial charge in [0.15, 0.2) is 0 Å². The van der Waals surface area contributed by atoms with Crippen LogP contribution in [0.4, 0.5) is 0 Å². The van der Waals surface area contributed by atoms with E-state index in [1.807, 2.05) is 5.57 Å². The molecule has 116 valence electrons. The van der Waals surface area contributed by atoms with E-state index in [0.717, 1.165) is 5.25 Å². The molecule has 0 aliphatic carbocycles. The Bertz CT molecular complexity index is 373. The first-order chi connectivity index (χ1) is 9.28. The van der Waals surface area contributed by atoms with Crippen molar-refractivity contribution in [2.45, 2.75) is 77.3 Å². The van der Waals surface area contributed by atoms with Crippen LogP contribution in [0.25, 0.3) is 0 Å². The highest BCUT2D eigenvalue weighted by atomic mass is 32.2. The second-order valence-electron chi connectivity index (χ2n) is 7.56. The summed E-state index contributed by atoms with van der Waals surface area (Å²) in [5, 5.41) is 0.720. The van der Waals surface area contributed by atoms with Crippen LogP contribution >= 0.6 is 11.8 Å². The Hall–Kier alpha value is 0.0500. The molecular weight excluding hydrogens is 262 g/mol. The summed E-state index contributed by atoms with van der Waals surface area (Å²) in [6.07, 6.45) is 2.70. The molecule has 0 N–H and O–H groups in total. The first kappa shape index (κ1) is 16.4. The molecule has 0 amide bonds. The van der Waals surface area contributed by atoms with Crippen molar-refractivity contribution in [2.24, 2.45) is 11.8 Å². The molecule has 0 aromatic heterocycles. The summed E-state index contributed by atoms with van der Waals surface area (Å²) in [5.74, 6) is 1.41. The van der Waals surface area contributed by atoms with Crippen molar-refractivity contribution >= 4 is 11.8 Å². The minimum Gasteiger partial charge on any atom is -0.301 e. The molecule has 1 spiro atoms. The van der Waals surface area contributed by atoms with E-state index in [9.17, 15) is 0 Å². The van der Waals surface area contributed by atoms with Gasteiger partial charge in [0, 0.05) is 29.1 Å². The van der Waals surface area contributed by atoms with Crippen molar-refractivity contribution in [2.75, 3.05) is 13.1 Å². The van der Waals surface area contributed by atoms with Crippen molar-refractivity contribution in [3.05, 3.63) is 11.1 Å². The van der Waals surface area contributed by atoms with Crippen molar-refractivity contribution in [3.63, 3.8) is 0 Å². The summed E-state index contributed by atoms with van der Waals surface area (Å²) in [5.41, 5.74) is 3.58. The molecule has 2 heteroatoms. The fourth-order valence-electron chi connectivity index (χ4n) is 4.38. The van der Waals surface area contributed by atoms with Gasteiger partial charge in [-0.25, -0.2) is 0 Å². The summed E-state index contributed by atoms with van der Waals surface area (Å²) < 4.78 is 0.457. The molecule has 2 heterocycles. The maximum Gasteiger partial charge on any atom is 0.0403 e. The van der Waals surface area contributed by atoms with Gasteiger partial charge in [0.2, 0.25) is 0 Å². The van der Waals surface area contributed by atoms with Crippen LogP contribution in [-0.4, -0.2) is 34.0 Å². The third-order valence-electron chi connectivity index (χ3n) is 5.18. The van der Waals surface area contributed by atoms with Crippen LogP contribution in [0.5, 0.6) is 0 Å². The van der Waals surface area contributed by atoms with Crippen LogP contribution in [0.3, 0.4) is 0 Å². The van der Waals surface area contributed by atoms with Crippen LogP contribution in [0.2, 0.25) is 0 Å². The molecule has 0 aromatic carbocycles. The Morgan fingerprint density at radius 3 is 1.95 bits per heavy atom. The molecule has 0 radical (unpaired) electrons. The highest BCUT2D eigenvalue weighted by Gasteiger charge is 2.47. The SMILES string of the molecule is CC(C)C1=C(C(C)C)C2(CCN(C(C)C)CC2)SC1C. The topological polar surface area (TPSA) is 3.24 Å². The second kappa shape index (κ2) is 6.04. The van der Waals surface area contributed by atoms with Gasteiger partial charge in [0.25, 0.3) is 0 Å². The fourth-order valence-corrected chi connectivity index (χ4v) is 6.48. The monoisotopic (exact) mass is 295 g/mol. The summed E-state index contributed by atoms with van der Waals surface area (Å²) in [6, 6.07) is 0.701. The van der Waals surface area contributed by atoms with E-state index in [-0.39, 0.29) is 0 Å². The molecule has 20 heavy (non-hydrogen) atoms. The molecule has 1 saturated heterocycles. The van der Waals surface area contributed by atoms with Crippen LogP contribution in [0.15, 0.2) is 11.1 Å². The predicted molar refractivity (Wildman–Crippen MR) is 92.4 cm³/mol. The fraction of sp³-hybridized carbons (Fsp3) is 0.889. The first-order valence-corrected chi connectivity index (χ1v) is 9.32. The van der Waals surface area contributed by atoms with E-state index >= 15 is 0 Å². The Morgan fingerprint density at radius 2 is 1.55 bits per heavy atom. The van der Waals surface area contributed by atoms with E-state index in [2.05, 4.69) is 65.1 Å². The molecule has 0 saturated carbocycles. The number of rotatable bonds is 3. The molecule has 1 fully saturated rings. The first-order valence-electron chi connectivity index (χ1n) is 8.45. The molecule has 0 bridgehead atoms. The zero-order chi connectivity index (χ0) is 15.1. The van der Waals surface area contributed by atoms with Gasteiger partial charge in [-0.2, -0.15) is 0 Å². The van der Waals surface area contributed by atoms with Crippen molar-refractivity contribution in [1.82, 2.24) is 4.90 Å². The maximum absolute atomic E-state index is 2.65. The number of hydrogen-bond acceptors (Lipinski definition) is 2. The number of likely N-dealkylation sites (tertiary alicyclic amines) is 1. The lowest BCUT2D eigenvalue weighted by atomic mass is 9.77. The van der Waals surface area contributed by atoms with Crippen LogP contribution in [0.1, 0.15) is 61.3 Å². The van der Waals surface area contributed by atoms with Gasteiger partial charge in [0.05, 0.1) is 0 Å². The van der Waals surface area contributed by atoms with E-state index in [1.54, 1.807) is 5.57 Å². The average Bonchev–Trinajstić information content (AvgIpc) is 2.62. The molecule has 1 atom stereocenters. The molecule has 0 aromatic rings. The highest BCUT2D eigenvalue weighted by Crippen LogP contribution is 2.56. The highest BCUT2D eigenvalue weighted by molar-refractivity contribution is 8.02. The van der Waals surface area contributed by atoms with Gasteiger partial charge < -0.3 is 4.90 Å². The quantitative estimate of drug-likeness (QED) is 0.676. The number of piperidine rings is 1. The average molecular weight is 296 g/mol. The summed E-state index contributed by atoms with van der Waals surface area (Å²) in [7, 11) is 0. The second-order valence-corrected chi connectivity index (χ2v) is 9.29. The zero-order valence-corrected chi connectivity index (χ0v) is 15.3. The Kier molecular flexibility index (Phi) is 4.96. The number of hydrogen-bond donors (Lipinski definition) is 0. The van der Waals surface area contributed by atoms with Crippen LogP contribution in [-0.2, 0) is 0 Å². The van der Waals surface area contributed by atoms with Crippen LogP contribution in [0, 0.1) is 11.8 Å². The third kappa shape index (κ3) is 2.83. The van der Waals surface area contributed by atoms with E-state index < -0.39 is 0 Å². The molecular formula is C18H33NS. The maximum atomic E-state index is 2.65. The summed E-state index contributed by atoms with van der Waals surface area (Å²) >= 11 is 2.27. The minimum atomic E-state index is 0.457. The Morgan fingerprint density at radius 1 is 1.00 bits per heavy atom.